The zero-order valence-electron chi connectivity index (χ0n) is 16.1. The van der Waals surface area contributed by atoms with Crippen LogP contribution in [-0.2, 0) is 11.2 Å². The number of carbonyl (C=O) groups excluding carboxylic acids is 1. The molecule has 0 spiro atoms. The third-order valence-electron chi connectivity index (χ3n) is 5.49. The van der Waals surface area contributed by atoms with E-state index in [0.717, 1.165) is 18.8 Å². The fourth-order valence-corrected chi connectivity index (χ4v) is 3.75. The van der Waals surface area contributed by atoms with Crippen molar-refractivity contribution in [3.8, 4) is 11.5 Å². The molecule has 1 aliphatic heterocycles. The quantitative estimate of drug-likeness (QED) is 0.523. The van der Waals surface area contributed by atoms with Gasteiger partial charge in [0, 0.05) is 37.3 Å². The molecule has 1 saturated heterocycles. The van der Waals surface area contributed by atoms with E-state index < -0.39 is 11.4 Å². The monoisotopic (exact) mass is 394 g/mol. The van der Waals surface area contributed by atoms with Gasteiger partial charge in [0.1, 0.15) is 0 Å². The van der Waals surface area contributed by atoms with Crippen LogP contribution >= 0.6 is 0 Å². The summed E-state index contributed by atoms with van der Waals surface area (Å²) in [6.07, 6.45) is -0.0585. The molecule has 1 aromatic heterocycles. The molecule has 1 aliphatic rings. The van der Waals surface area contributed by atoms with Crippen LogP contribution in [0.5, 0.6) is 11.5 Å². The second kappa shape index (κ2) is 7.50. The minimum Gasteiger partial charge on any atom is -0.504 e. The van der Waals surface area contributed by atoms with Gasteiger partial charge >= 0.3 is 5.63 Å². The second-order valence-electron chi connectivity index (χ2n) is 7.18. The number of piperazine rings is 1. The van der Waals surface area contributed by atoms with Crippen molar-refractivity contribution < 1.29 is 19.4 Å². The molecule has 0 radical (unpaired) electrons. The molecule has 29 heavy (non-hydrogen) atoms. The van der Waals surface area contributed by atoms with Gasteiger partial charge in [-0.25, -0.2) is 4.79 Å². The molecular formula is C22H22N2O5. The zero-order valence-corrected chi connectivity index (χ0v) is 16.1. The zero-order chi connectivity index (χ0) is 20.5. The number of carbonyl (C=O) groups is 1. The van der Waals surface area contributed by atoms with Gasteiger partial charge in [-0.3, -0.25) is 4.79 Å². The van der Waals surface area contributed by atoms with Crippen LogP contribution in [0.2, 0.25) is 0 Å². The fourth-order valence-electron chi connectivity index (χ4n) is 3.75. The van der Waals surface area contributed by atoms with E-state index in [9.17, 15) is 19.8 Å². The van der Waals surface area contributed by atoms with Crippen molar-refractivity contribution in [1.82, 2.24) is 4.90 Å². The van der Waals surface area contributed by atoms with E-state index >= 15 is 0 Å². The van der Waals surface area contributed by atoms with E-state index in [0.29, 0.717) is 24.0 Å². The van der Waals surface area contributed by atoms with Gasteiger partial charge in [0.05, 0.1) is 12.0 Å². The van der Waals surface area contributed by atoms with Crippen LogP contribution in [0.15, 0.2) is 51.7 Å². The number of rotatable bonds is 3. The second-order valence-corrected chi connectivity index (χ2v) is 7.18. The Kier molecular flexibility index (Phi) is 4.88. The molecule has 1 fully saturated rings. The molecule has 1 amide bonds. The number of amides is 1. The molecule has 3 aromatic rings. The Morgan fingerprint density at radius 2 is 1.72 bits per heavy atom. The fraction of sp³-hybridized carbons (Fsp3) is 0.273. The lowest BCUT2D eigenvalue weighted by Gasteiger charge is -2.36. The number of phenols is 2. The van der Waals surface area contributed by atoms with Crippen molar-refractivity contribution >= 4 is 22.6 Å². The van der Waals surface area contributed by atoms with E-state index in [1.54, 1.807) is 17.9 Å². The van der Waals surface area contributed by atoms with Crippen molar-refractivity contribution in [2.45, 2.75) is 13.3 Å². The molecule has 2 N–H and O–H groups in total. The summed E-state index contributed by atoms with van der Waals surface area (Å²) in [5.74, 6) is -0.965. The normalized spacial score (nSPS) is 14.4. The summed E-state index contributed by atoms with van der Waals surface area (Å²) >= 11 is 0. The Bertz CT molecular complexity index is 1120. The number of benzene rings is 2. The third kappa shape index (κ3) is 3.51. The summed E-state index contributed by atoms with van der Waals surface area (Å²) in [7, 11) is 0. The van der Waals surface area contributed by atoms with Gasteiger partial charge < -0.3 is 24.4 Å². The summed E-state index contributed by atoms with van der Waals surface area (Å²) < 4.78 is 5.20. The van der Waals surface area contributed by atoms with E-state index in [4.69, 9.17) is 4.42 Å². The molecule has 0 saturated carbocycles. The Morgan fingerprint density at radius 3 is 2.41 bits per heavy atom. The van der Waals surface area contributed by atoms with Crippen LogP contribution in [0.1, 0.15) is 11.1 Å². The number of fused-ring (bicyclic) bond motifs is 1. The first-order chi connectivity index (χ1) is 14.0. The predicted octanol–water partition coefficient (Wildman–Crippen LogP) is 2.40. The molecule has 0 aliphatic carbocycles. The highest BCUT2D eigenvalue weighted by Crippen LogP contribution is 2.34. The molecule has 0 atom stereocenters. The van der Waals surface area contributed by atoms with Gasteiger partial charge in [0.2, 0.25) is 11.7 Å². The lowest BCUT2D eigenvalue weighted by molar-refractivity contribution is -0.130. The maximum Gasteiger partial charge on any atom is 0.340 e. The lowest BCUT2D eigenvalue weighted by atomic mass is 10.0. The third-order valence-corrected chi connectivity index (χ3v) is 5.49. The number of aryl methyl sites for hydroxylation is 1. The average molecular weight is 394 g/mol. The number of nitrogens with zero attached hydrogens (tertiary/aromatic N) is 2. The minimum absolute atomic E-state index is 0.0585. The van der Waals surface area contributed by atoms with Crippen LogP contribution in [0.3, 0.4) is 0 Å². The first-order valence-electron chi connectivity index (χ1n) is 9.50. The maximum absolute atomic E-state index is 12.8. The van der Waals surface area contributed by atoms with E-state index in [2.05, 4.69) is 4.90 Å². The van der Waals surface area contributed by atoms with E-state index in [1.165, 1.54) is 6.07 Å². The predicted molar refractivity (Wildman–Crippen MR) is 109 cm³/mol. The summed E-state index contributed by atoms with van der Waals surface area (Å²) in [5.41, 5.74) is 1.24. The van der Waals surface area contributed by atoms with Gasteiger partial charge in [-0.15, -0.1) is 0 Å². The number of anilines is 1. The lowest BCUT2D eigenvalue weighted by Crippen LogP contribution is -2.49. The SMILES string of the molecule is Cc1c(CC(=O)N2CCN(c3ccccc3)CC2)c(=O)oc2c(O)c(O)ccc12. The topological polar surface area (TPSA) is 94.2 Å². The van der Waals surface area contributed by atoms with Crippen molar-refractivity contribution in [2.24, 2.45) is 0 Å². The highest BCUT2D eigenvalue weighted by molar-refractivity contribution is 5.89. The first kappa shape index (κ1) is 18.9. The number of phenolic OH excluding ortho intramolecular Hbond substituents is 2. The maximum atomic E-state index is 12.8. The Morgan fingerprint density at radius 1 is 1.03 bits per heavy atom. The molecular weight excluding hydrogens is 372 g/mol. The van der Waals surface area contributed by atoms with Gasteiger partial charge in [-0.05, 0) is 36.8 Å². The number of para-hydroxylation sites is 1. The molecule has 2 aromatic carbocycles. The van der Waals surface area contributed by atoms with Crippen LogP contribution in [0.4, 0.5) is 5.69 Å². The Hall–Kier alpha value is -3.48. The van der Waals surface area contributed by atoms with E-state index in [-0.39, 0.29) is 29.2 Å². The molecule has 7 nitrogen and oxygen atoms in total. The van der Waals surface area contributed by atoms with Crippen molar-refractivity contribution in [1.29, 1.82) is 0 Å². The Balaban J connectivity index is 1.51. The van der Waals surface area contributed by atoms with Gasteiger partial charge in [-0.1, -0.05) is 18.2 Å². The van der Waals surface area contributed by atoms with Crippen LogP contribution < -0.4 is 10.5 Å². The largest absolute Gasteiger partial charge is 0.504 e. The van der Waals surface area contributed by atoms with Crippen molar-refractivity contribution in [3.05, 3.63) is 64.0 Å². The average Bonchev–Trinajstić information content (AvgIpc) is 2.74. The molecule has 150 valence electrons. The van der Waals surface area contributed by atoms with Crippen molar-refractivity contribution in [2.75, 3.05) is 31.1 Å². The molecule has 0 bridgehead atoms. The summed E-state index contributed by atoms with van der Waals surface area (Å²) in [6.45, 7) is 4.34. The summed E-state index contributed by atoms with van der Waals surface area (Å²) in [6, 6.07) is 13.0. The van der Waals surface area contributed by atoms with Crippen LogP contribution in [0, 0.1) is 6.92 Å². The van der Waals surface area contributed by atoms with Gasteiger partial charge in [0.15, 0.2) is 11.3 Å². The van der Waals surface area contributed by atoms with Gasteiger partial charge in [-0.2, -0.15) is 0 Å². The summed E-state index contributed by atoms with van der Waals surface area (Å²) in [4.78, 5) is 29.2. The number of hydrogen-bond acceptors (Lipinski definition) is 6. The van der Waals surface area contributed by atoms with Crippen LogP contribution in [-0.4, -0.2) is 47.2 Å². The number of aromatic hydroxyl groups is 2. The van der Waals surface area contributed by atoms with Crippen LogP contribution in [0.25, 0.3) is 11.0 Å². The highest BCUT2D eigenvalue weighted by atomic mass is 16.4. The molecule has 7 heteroatoms. The Labute approximate surface area is 167 Å². The molecule has 0 unspecified atom stereocenters. The minimum atomic E-state index is -0.674. The summed E-state index contributed by atoms with van der Waals surface area (Å²) in [5, 5.41) is 20.0. The van der Waals surface area contributed by atoms with Gasteiger partial charge in [0.25, 0.3) is 0 Å². The number of hydrogen-bond donors (Lipinski definition) is 2. The van der Waals surface area contributed by atoms with Crippen molar-refractivity contribution in [3.63, 3.8) is 0 Å². The standard InChI is InChI=1S/C22H22N2O5/c1-14-16-7-8-18(25)20(27)21(16)29-22(28)17(14)13-19(26)24-11-9-23(10-12-24)15-5-3-2-4-6-15/h2-8,25,27H,9-13H2,1H3. The van der Waals surface area contributed by atoms with E-state index in [1.807, 2.05) is 30.3 Å². The smallest absolute Gasteiger partial charge is 0.340 e. The first-order valence-corrected chi connectivity index (χ1v) is 9.50. The molecule has 2 heterocycles. The highest BCUT2D eigenvalue weighted by Gasteiger charge is 2.24. The molecule has 4 rings (SSSR count).